The lowest BCUT2D eigenvalue weighted by Crippen LogP contribution is -2.11. The van der Waals surface area contributed by atoms with Crippen molar-refractivity contribution in [2.24, 2.45) is 5.16 Å². The molecule has 0 unspecified atom stereocenters. The first-order valence-corrected chi connectivity index (χ1v) is 7.21. The third-order valence-corrected chi connectivity index (χ3v) is 3.75. The monoisotopic (exact) mass is 329 g/mol. The third kappa shape index (κ3) is 2.41. The average molecular weight is 329 g/mol. The van der Waals surface area contributed by atoms with Gasteiger partial charge >= 0.3 is 0 Å². The van der Waals surface area contributed by atoms with E-state index in [1.807, 2.05) is 13.8 Å². The summed E-state index contributed by atoms with van der Waals surface area (Å²) >= 11 is 0. The minimum absolute atomic E-state index is 0.163. The maximum atomic E-state index is 14.4. The second-order valence-electron chi connectivity index (χ2n) is 5.40. The van der Waals surface area contributed by atoms with Gasteiger partial charge in [-0.25, -0.2) is 14.1 Å². The van der Waals surface area contributed by atoms with Gasteiger partial charge in [0.15, 0.2) is 11.6 Å². The zero-order valence-corrected chi connectivity index (χ0v) is 13.4. The lowest BCUT2D eigenvalue weighted by atomic mass is 10.2. The number of benzene rings is 1. The molecular weight excluding hydrogens is 313 g/mol. The molecule has 7 nitrogen and oxygen atoms in total. The van der Waals surface area contributed by atoms with E-state index in [1.54, 1.807) is 17.7 Å². The van der Waals surface area contributed by atoms with E-state index >= 15 is 0 Å². The Labute approximate surface area is 137 Å². The average Bonchev–Trinajstić information content (AvgIpc) is 3.00. The van der Waals surface area contributed by atoms with Gasteiger partial charge in [-0.2, -0.15) is 5.10 Å². The van der Waals surface area contributed by atoms with E-state index in [0.29, 0.717) is 22.9 Å². The molecule has 0 aliphatic carbocycles. The Morgan fingerprint density at radius 1 is 1.25 bits per heavy atom. The van der Waals surface area contributed by atoms with Crippen LogP contribution in [0.1, 0.15) is 22.8 Å². The summed E-state index contributed by atoms with van der Waals surface area (Å²) in [6.07, 6.45) is 2.94. The highest BCUT2D eigenvalue weighted by molar-refractivity contribution is 5.85. The SMILES string of the molecule is Cc1nn(-c2ccc(O)cc2F)c(-n2c(C)cnc2C)c1C=NO. The van der Waals surface area contributed by atoms with Gasteiger partial charge in [0.1, 0.15) is 17.3 Å². The molecule has 0 radical (unpaired) electrons. The molecule has 124 valence electrons. The second-order valence-corrected chi connectivity index (χ2v) is 5.40. The molecule has 3 rings (SSSR count). The van der Waals surface area contributed by atoms with Gasteiger partial charge in [-0.05, 0) is 32.9 Å². The molecule has 0 spiro atoms. The number of halogens is 1. The molecule has 0 aliphatic rings. The van der Waals surface area contributed by atoms with E-state index in [4.69, 9.17) is 5.21 Å². The fourth-order valence-electron chi connectivity index (χ4n) is 2.66. The molecule has 2 N–H and O–H groups in total. The fourth-order valence-corrected chi connectivity index (χ4v) is 2.66. The predicted octanol–water partition coefficient (Wildman–Crippen LogP) is 2.64. The van der Waals surface area contributed by atoms with Crippen LogP contribution in [0.2, 0.25) is 0 Å². The number of rotatable bonds is 3. The highest BCUT2D eigenvalue weighted by Crippen LogP contribution is 2.27. The first kappa shape index (κ1) is 15.7. The van der Waals surface area contributed by atoms with Crippen LogP contribution in [0.5, 0.6) is 5.75 Å². The predicted molar refractivity (Wildman–Crippen MR) is 85.9 cm³/mol. The van der Waals surface area contributed by atoms with Crippen molar-refractivity contribution in [3.05, 3.63) is 53.0 Å². The largest absolute Gasteiger partial charge is 0.508 e. The molecular formula is C16H16FN5O2. The van der Waals surface area contributed by atoms with Crippen LogP contribution in [-0.2, 0) is 0 Å². The number of imidazole rings is 1. The molecule has 0 aliphatic heterocycles. The van der Waals surface area contributed by atoms with E-state index in [2.05, 4.69) is 15.2 Å². The highest BCUT2D eigenvalue weighted by Gasteiger charge is 2.22. The van der Waals surface area contributed by atoms with Crippen molar-refractivity contribution in [2.45, 2.75) is 20.8 Å². The summed E-state index contributed by atoms with van der Waals surface area (Å²) in [4.78, 5) is 4.26. The summed E-state index contributed by atoms with van der Waals surface area (Å²) in [6.45, 7) is 5.41. The molecule has 0 saturated carbocycles. The zero-order valence-electron chi connectivity index (χ0n) is 13.4. The van der Waals surface area contributed by atoms with E-state index in [0.717, 1.165) is 11.8 Å². The second kappa shape index (κ2) is 5.80. The Kier molecular flexibility index (Phi) is 3.80. The van der Waals surface area contributed by atoms with Crippen molar-refractivity contribution in [3.63, 3.8) is 0 Å². The minimum Gasteiger partial charge on any atom is -0.508 e. The van der Waals surface area contributed by atoms with Crippen LogP contribution < -0.4 is 0 Å². The van der Waals surface area contributed by atoms with Crippen LogP contribution in [0.25, 0.3) is 11.5 Å². The van der Waals surface area contributed by atoms with Crippen molar-refractivity contribution in [1.29, 1.82) is 0 Å². The Morgan fingerprint density at radius 2 is 2.00 bits per heavy atom. The van der Waals surface area contributed by atoms with Crippen molar-refractivity contribution in [2.75, 3.05) is 0 Å². The molecule has 0 amide bonds. The summed E-state index contributed by atoms with van der Waals surface area (Å²) in [5.41, 5.74) is 2.08. The number of aromatic hydroxyl groups is 1. The summed E-state index contributed by atoms with van der Waals surface area (Å²) < 4.78 is 17.6. The maximum Gasteiger partial charge on any atom is 0.152 e. The van der Waals surface area contributed by atoms with Crippen molar-refractivity contribution in [3.8, 4) is 17.3 Å². The van der Waals surface area contributed by atoms with E-state index < -0.39 is 5.82 Å². The maximum absolute atomic E-state index is 14.4. The lowest BCUT2D eigenvalue weighted by Gasteiger charge is -2.13. The van der Waals surface area contributed by atoms with Gasteiger partial charge < -0.3 is 10.3 Å². The molecule has 3 aromatic rings. The normalized spacial score (nSPS) is 11.5. The van der Waals surface area contributed by atoms with Crippen LogP contribution in [0.4, 0.5) is 4.39 Å². The van der Waals surface area contributed by atoms with Gasteiger partial charge in [0.05, 0.1) is 17.5 Å². The Morgan fingerprint density at radius 3 is 2.58 bits per heavy atom. The zero-order chi connectivity index (χ0) is 17.4. The van der Waals surface area contributed by atoms with Gasteiger partial charge in [-0.3, -0.25) is 4.57 Å². The van der Waals surface area contributed by atoms with Crippen LogP contribution >= 0.6 is 0 Å². The molecule has 2 heterocycles. The Bertz CT molecular complexity index is 923. The number of phenolic OH excluding ortho intramolecular Hbond substituents is 1. The lowest BCUT2D eigenvalue weighted by molar-refractivity contribution is 0.322. The van der Waals surface area contributed by atoms with Crippen LogP contribution in [0.15, 0.2) is 29.6 Å². The molecule has 8 heteroatoms. The number of phenols is 1. The third-order valence-electron chi connectivity index (χ3n) is 3.75. The van der Waals surface area contributed by atoms with E-state index in [9.17, 15) is 9.50 Å². The quantitative estimate of drug-likeness (QED) is 0.439. The molecule has 2 aromatic heterocycles. The number of hydrogen-bond donors (Lipinski definition) is 2. The number of nitrogens with zero attached hydrogens (tertiary/aromatic N) is 5. The van der Waals surface area contributed by atoms with Gasteiger partial charge in [-0.15, -0.1) is 0 Å². The Hall–Kier alpha value is -3.16. The van der Waals surface area contributed by atoms with Crippen molar-refractivity contribution in [1.82, 2.24) is 19.3 Å². The molecule has 24 heavy (non-hydrogen) atoms. The summed E-state index contributed by atoms with van der Waals surface area (Å²) in [5.74, 6) is 0.387. The fraction of sp³-hybridized carbons (Fsp3) is 0.188. The smallest absolute Gasteiger partial charge is 0.152 e. The first-order chi connectivity index (χ1) is 11.4. The van der Waals surface area contributed by atoms with Crippen LogP contribution in [0, 0.1) is 26.6 Å². The molecule has 0 bridgehead atoms. The van der Waals surface area contributed by atoms with E-state index in [1.165, 1.54) is 23.0 Å². The number of aromatic nitrogens is 4. The van der Waals surface area contributed by atoms with Crippen molar-refractivity contribution >= 4 is 6.21 Å². The van der Waals surface area contributed by atoms with Gasteiger partial charge in [0, 0.05) is 18.0 Å². The standard InChI is InChI=1S/C16H16FN5O2/c1-9-7-18-11(3)21(9)16-13(8-19-24)10(2)20-22(16)15-5-4-12(23)6-14(15)17/h4-8,23-24H,1-3H3. The minimum atomic E-state index is -0.623. The van der Waals surface area contributed by atoms with Crippen molar-refractivity contribution < 1.29 is 14.7 Å². The Balaban J connectivity index is 2.37. The van der Waals surface area contributed by atoms with Gasteiger partial charge in [-0.1, -0.05) is 5.16 Å². The first-order valence-electron chi connectivity index (χ1n) is 7.21. The van der Waals surface area contributed by atoms with E-state index in [-0.39, 0.29) is 11.4 Å². The highest BCUT2D eigenvalue weighted by atomic mass is 19.1. The molecule has 0 atom stereocenters. The topological polar surface area (TPSA) is 88.5 Å². The number of aryl methyl sites for hydroxylation is 3. The summed E-state index contributed by atoms with van der Waals surface area (Å²) in [6, 6.07) is 3.83. The molecule has 0 fully saturated rings. The van der Waals surface area contributed by atoms with Crippen LogP contribution in [0.3, 0.4) is 0 Å². The van der Waals surface area contributed by atoms with Crippen LogP contribution in [-0.4, -0.2) is 35.9 Å². The van der Waals surface area contributed by atoms with Gasteiger partial charge in [0.25, 0.3) is 0 Å². The molecule has 1 aromatic carbocycles. The summed E-state index contributed by atoms with van der Waals surface area (Å²) in [7, 11) is 0. The van der Waals surface area contributed by atoms with Gasteiger partial charge in [0.2, 0.25) is 0 Å². The molecule has 0 saturated heterocycles. The number of oxime groups is 1. The number of hydrogen-bond acceptors (Lipinski definition) is 5. The summed E-state index contributed by atoms with van der Waals surface area (Å²) in [5, 5.41) is 25.9.